The molecule has 2 aromatic carbocycles. The predicted octanol–water partition coefficient (Wildman–Crippen LogP) is 4.66. The molecule has 1 nitrogen and oxygen atoms in total. The molecule has 0 heterocycles. The highest BCUT2D eigenvalue weighted by Crippen LogP contribution is 2.29. The average molecular weight is 348 g/mol. The quantitative estimate of drug-likeness (QED) is 0.856. The van der Waals surface area contributed by atoms with Crippen LogP contribution < -0.4 is 0 Å². The van der Waals surface area contributed by atoms with Gasteiger partial charge < -0.3 is 5.11 Å². The molecule has 0 aromatic heterocycles. The minimum Gasteiger partial charge on any atom is -0.388 e. The van der Waals surface area contributed by atoms with Crippen molar-refractivity contribution < 1.29 is 13.9 Å². The van der Waals surface area contributed by atoms with Gasteiger partial charge >= 0.3 is 0 Å². The molecule has 0 fully saturated rings. The summed E-state index contributed by atoms with van der Waals surface area (Å²) in [4.78, 5) is 0. The van der Waals surface area contributed by atoms with Crippen molar-refractivity contribution in [3.63, 3.8) is 0 Å². The minimum atomic E-state index is -0.999. The van der Waals surface area contributed by atoms with E-state index in [4.69, 9.17) is 11.6 Å². The molecule has 1 atom stereocenters. The van der Waals surface area contributed by atoms with Crippen LogP contribution in [0.4, 0.5) is 8.78 Å². The lowest BCUT2D eigenvalue weighted by Crippen LogP contribution is -2.05. The Labute approximate surface area is 123 Å². The Balaban J connectivity index is 2.25. The predicted molar refractivity (Wildman–Crippen MR) is 74.2 cm³/mol. The number of halogens is 4. The van der Waals surface area contributed by atoms with E-state index < -0.39 is 17.7 Å². The van der Waals surface area contributed by atoms with Gasteiger partial charge in [-0.05, 0) is 45.3 Å². The summed E-state index contributed by atoms with van der Waals surface area (Å²) in [6, 6.07) is 8.61. The van der Waals surface area contributed by atoms with Gasteiger partial charge in [0.2, 0.25) is 0 Å². The van der Waals surface area contributed by atoms with Crippen LogP contribution in [-0.4, -0.2) is 5.11 Å². The van der Waals surface area contributed by atoms with Crippen molar-refractivity contribution in [2.45, 2.75) is 12.5 Å². The lowest BCUT2D eigenvalue weighted by molar-refractivity contribution is 0.176. The first-order valence-corrected chi connectivity index (χ1v) is 6.72. The Kier molecular flexibility index (Phi) is 4.55. The van der Waals surface area contributed by atoms with Crippen molar-refractivity contribution in [3.8, 4) is 0 Å². The van der Waals surface area contributed by atoms with Gasteiger partial charge in [0.15, 0.2) is 0 Å². The van der Waals surface area contributed by atoms with Crippen LogP contribution in [0.15, 0.2) is 40.9 Å². The first-order valence-electron chi connectivity index (χ1n) is 5.55. The van der Waals surface area contributed by atoms with Crippen LogP contribution in [-0.2, 0) is 6.42 Å². The summed E-state index contributed by atoms with van der Waals surface area (Å²) in [6.07, 6.45) is -0.953. The van der Waals surface area contributed by atoms with E-state index in [-0.39, 0.29) is 10.9 Å². The van der Waals surface area contributed by atoms with Gasteiger partial charge in [-0.25, -0.2) is 8.78 Å². The topological polar surface area (TPSA) is 20.2 Å². The van der Waals surface area contributed by atoms with Crippen molar-refractivity contribution in [2.75, 3.05) is 0 Å². The Morgan fingerprint density at radius 2 is 1.89 bits per heavy atom. The molecule has 1 unspecified atom stereocenters. The molecule has 1 N–H and O–H groups in total. The molecule has 0 aliphatic heterocycles. The Morgan fingerprint density at radius 1 is 1.16 bits per heavy atom. The molecule has 0 aliphatic rings. The molecule has 2 rings (SSSR count). The maximum Gasteiger partial charge on any atom is 0.137 e. The smallest absolute Gasteiger partial charge is 0.137 e. The number of aliphatic hydroxyl groups excluding tert-OH is 1. The summed E-state index contributed by atoms with van der Waals surface area (Å²) in [5, 5.41) is 10.4. The molecule has 0 bridgehead atoms. The van der Waals surface area contributed by atoms with Crippen LogP contribution in [0.25, 0.3) is 0 Å². The summed E-state index contributed by atoms with van der Waals surface area (Å²) >= 11 is 8.73. The van der Waals surface area contributed by atoms with Gasteiger partial charge in [-0.3, -0.25) is 0 Å². The Hall–Kier alpha value is -0.970. The average Bonchev–Trinajstić information content (AvgIpc) is 2.36. The van der Waals surface area contributed by atoms with Gasteiger partial charge in [0.1, 0.15) is 11.6 Å². The van der Waals surface area contributed by atoms with Crippen molar-refractivity contribution in [3.05, 3.63) is 68.7 Å². The highest BCUT2D eigenvalue weighted by atomic mass is 79.9. The molecule has 0 radical (unpaired) electrons. The summed E-state index contributed by atoms with van der Waals surface area (Å²) in [6.45, 7) is 0. The molecular weight excluding hydrogens is 338 g/mol. The van der Waals surface area contributed by atoms with E-state index in [9.17, 15) is 13.9 Å². The number of hydrogen-bond donors (Lipinski definition) is 1. The van der Waals surface area contributed by atoms with Gasteiger partial charge in [0, 0.05) is 11.4 Å². The van der Waals surface area contributed by atoms with E-state index in [0.717, 1.165) is 0 Å². The first kappa shape index (κ1) is 14.4. The lowest BCUT2D eigenvalue weighted by Gasteiger charge is -2.14. The Bertz CT molecular complexity index is 604. The van der Waals surface area contributed by atoms with Crippen LogP contribution in [0.2, 0.25) is 5.02 Å². The molecule has 0 amide bonds. The minimum absolute atomic E-state index is 0.0467. The first-order chi connectivity index (χ1) is 8.99. The van der Waals surface area contributed by atoms with Gasteiger partial charge in [0.05, 0.1) is 10.6 Å². The third kappa shape index (κ3) is 3.32. The fourth-order valence-electron chi connectivity index (χ4n) is 1.78. The fraction of sp³-hybridized carbons (Fsp3) is 0.143. The molecule has 0 spiro atoms. The second-order valence-corrected chi connectivity index (χ2v) is 5.33. The highest BCUT2D eigenvalue weighted by Gasteiger charge is 2.16. The van der Waals surface area contributed by atoms with E-state index in [0.29, 0.717) is 16.1 Å². The van der Waals surface area contributed by atoms with Crippen molar-refractivity contribution in [2.24, 2.45) is 0 Å². The van der Waals surface area contributed by atoms with E-state index >= 15 is 0 Å². The van der Waals surface area contributed by atoms with Crippen LogP contribution in [0, 0.1) is 11.6 Å². The monoisotopic (exact) mass is 346 g/mol. The molecule has 0 aliphatic carbocycles. The van der Waals surface area contributed by atoms with Crippen LogP contribution in [0.1, 0.15) is 17.2 Å². The Morgan fingerprint density at radius 3 is 2.58 bits per heavy atom. The summed E-state index contributed by atoms with van der Waals surface area (Å²) < 4.78 is 27.2. The normalized spacial score (nSPS) is 12.5. The van der Waals surface area contributed by atoms with Crippen LogP contribution in [0.5, 0.6) is 0 Å². The molecule has 0 saturated carbocycles. The molecule has 100 valence electrons. The van der Waals surface area contributed by atoms with E-state index in [1.165, 1.54) is 24.3 Å². The highest BCUT2D eigenvalue weighted by molar-refractivity contribution is 9.10. The van der Waals surface area contributed by atoms with Gasteiger partial charge in [0.25, 0.3) is 0 Å². The second-order valence-electron chi connectivity index (χ2n) is 4.10. The zero-order valence-electron chi connectivity index (χ0n) is 9.71. The molecule has 5 heteroatoms. The third-order valence-electron chi connectivity index (χ3n) is 2.77. The van der Waals surface area contributed by atoms with Gasteiger partial charge in [-0.15, -0.1) is 0 Å². The summed E-state index contributed by atoms with van der Waals surface area (Å²) in [7, 11) is 0. The number of benzene rings is 2. The summed E-state index contributed by atoms with van der Waals surface area (Å²) in [5.74, 6) is -0.952. The standard InChI is InChI=1S/C14H10BrClF2O/c15-14-10(2-1-3-11(14)17)13(19)6-8-4-5-9(16)7-12(8)18/h1-5,7,13,19H,6H2. The van der Waals surface area contributed by atoms with E-state index in [1.54, 1.807) is 12.1 Å². The van der Waals surface area contributed by atoms with E-state index in [1.807, 2.05) is 0 Å². The maximum atomic E-state index is 13.6. The summed E-state index contributed by atoms with van der Waals surface area (Å²) in [5.41, 5.74) is 0.711. The van der Waals surface area contributed by atoms with Crippen LogP contribution in [0.3, 0.4) is 0 Å². The zero-order chi connectivity index (χ0) is 14.0. The van der Waals surface area contributed by atoms with Crippen molar-refractivity contribution >= 4 is 27.5 Å². The number of aliphatic hydroxyl groups is 1. The molecule has 19 heavy (non-hydrogen) atoms. The SMILES string of the molecule is OC(Cc1ccc(Cl)cc1F)c1cccc(F)c1Br. The number of hydrogen-bond acceptors (Lipinski definition) is 1. The van der Waals surface area contributed by atoms with Crippen molar-refractivity contribution in [1.29, 1.82) is 0 Å². The van der Waals surface area contributed by atoms with Gasteiger partial charge in [-0.2, -0.15) is 0 Å². The van der Waals surface area contributed by atoms with Crippen LogP contribution >= 0.6 is 27.5 Å². The maximum absolute atomic E-state index is 13.6. The molecule has 2 aromatic rings. The zero-order valence-corrected chi connectivity index (χ0v) is 12.0. The van der Waals surface area contributed by atoms with Gasteiger partial charge in [-0.1, -0.05) is 29.8 Å². The fourth-order valence-corrected chi connectivity index (χ4v) is 2.47. The second kappa shape index (κ2) is 5.99. The van der Waals surface area contributed by atoms with E-state index in [2.05, 4.69) is 15.9 Å². The third-order valence-corrected chi connectivity index (χ3v) is 3.84. The number of rotatable bonds is 3. The molecule has 0 saturated heterocycles. The lowest BCUT2D eigenvalue weighted by atomic mass is 10.0. The molecular formula is C14H10BrClF2O. The van der Waals surface area contributed by atoms with Crippen molar-refractivity contribution in [1.82, 2.24) is 0 Å². The largest absolute Gasteiger partial charge is 0.388 e.